The maximum Gasteiger partial charge on any atom is 0.252 e. The molecule has 5 rings (SSSR count). The largest absolute Gasteiger partial charge is 0.288 e. The van der Waals surface area contributed by atoms with Crippen molar-refractivity contribution >= 4 is 34.6 Å². The maximum absolute atomic E-state index is 13.5. The van der Waals surface area contributed by atoms with Crippen molar-refractivity contribution in [3.63, 3.8) is 0 Å². The van der Waals surface area contributed by atoms with E-state index in [0.29, 0.717) is 17.4 Å². The fourth-order valence-electron chi connectivity index (χ4n) is 3.78. The lowest BCUT2D eigenvalue weighted by molar-refractivity contribution is -0.122. The molecule has 3 aromatic carbocycles. The van der Waals surface area contributed by atoms with Gasteiger partial charge in [0.2, 0.25) is 0 Å². The lowest BCUT2D eigenvalue weighted by atomic mass is 10.1. The lowest BCUT2D eigenvalue weighted by Crippen LogP contribution is -2.38. The van der Waals surface area contributed by atoms with Crippen LogP contribution in [-0.2, 0) is 4.79 Å². The molecule has 5 nitrogen and oxygen atoms in total. The second-order valence-electron chi connectivity index (χ2n) is 7.98. The molecular weight excluding hydrogens is 459 g/mol. The minimum absolute atomic E-state index is 0.135. The molecule has 0 atom stereocenters. The lowest BCUT2D eigenvalue weighted by Gasteiger charge is -2.26. The zero-order chi connectivity index (χ0) is 24.0. The molecule has 1 aromatic heterocycles. The van der Waals surface area contributed by atoms with Gasteiger partial charge in [0.1, 0.15) is 5.82 Å². The monoisotopic (exact) mass is 482 g/mol. The molecule has 1 amide bonds. The number of halogens is 1. The summed E-state index contributed by atoms with van der Waals surface area (Å²) in [5.74, 6) is 0.485. The topological polar surface area (TPSA) is 50.5 Å². The van der Waals surface area contributed by atoms with Crippen LogP contribution in [0.5, 0.6) is 0 Å². The van der Waals surface area contributed by atoms with E-state index in [2.05, 4.69) is 0 Å². The zero-order valence-electron chi connectivity index (χ0n) is 18.9. The van der Waals surface area contributed by atoms with Gasteiger partial charge in [0.25, 0.3) is 5.91 Å². The minimum Gasteiger partial charge on any atom is -0.288 e. The first kappa shape index (κ1) is 22.8. The third-order valence-electron chi connectivity index (χ3n) is 5.52. The molecule has 7 heteroatoms. The number of nitrogens with zero attached hydrogens (tertiary/aromatic N) is 4. The molecule has 35 heavy (non-hydrogen) atoms. The Morgan fingerprint density at radius 3 is 2.43 bits per heavy atom. The zero-order valence-corrected chi connectivity index (χ0v) is 19.7. The van der Waals surface area contributed by atoms with Gasteiger partial charge in [-0.05, 0) is 61.0 Å². The van der Waals surface area contributed by atoms with E-state index in [0.717, 1.165) is 34.7 Å². The number of hydrogen-bond donors (Lipinski definition) is 0. The molecule has 1 fully saturated rings. The second kappa shape index (κ2) is 10.5. The normalized spacial score (nSPS) is 15.1. The third kappa shape index (κ3) is 5.41. The molecule has 1 aliphatic rings. The van der Waals surface area contributed by atoms with Crippen LogP contribution in [-0.4, -0.2) is 38.1 Å². The third-order valence-corrected chi connectivity index (χ3v) is 6.58. The van der Waals surface area contributed by atoms with Crippen LogP contribution in [0.1, 0.15) is 12.0 Å². The van der Waals surface area contributed by atoms with Crippen molar-refractivity contribution in [3.05, 3.63) is 109 Å². The molecule has 174 valence electrons. The molecule has 2 heterocycles. The van der Waals surface area contributed by atoms with Gasteiger partial charge in [-0.25, -0.2) is 14.1 Å². The van der Waals surface area contributed by atoms with Crippen LogP contribution < -0.4 is 0 Å². The summed E-state index contributed by atoms with van der Waals surface area (Å²) in [7, 11) is 0. The van der Waals surface area contributed by atoms with Gasteiger partial charge in [-0.3, -0.25) is 9.69 Å². The number of amides is 1. The van der Waals surface area contributed by atoms with Crippen molar-refractivity contribution in [1.82, 2.24) is 14.7 Å². The van der Waals surface area contributed by atoms with E-state index in [1.807, 2.05) is 66.9 Å². The van der Waals surface area contributed by atoms with Crippen molar-refractivity contribution in [1.29, 1.82) is 0 Å². The van der Waals surface area contributed by atoms with E-state index >= 15 is 0 Å². The number of rotatable bonds is 5. The van der Waals surface area contributed by atoms with Gasteiger partial charge in [0.15, 0.2) is 5.17 Å². The van der Waals surface area contributed by atoms with Gasteiger partial charge in [0, 0.05) is 35.7 Å². The summed E-state index contributed by atoms with van der Waals surface area (Å²) in [6.45, 7) is 0.621. The van der Waals surface area contributed by atoms with Gasteiger partial charge in [-0.1, -0.05) is 48.2 Å². The molecule has 1 saturated heterocycles. The number of aromatic nitrogens is 2. The van der Waals surface area contributed by atoms with Crippen molar-refractivity contribution in [2.75, 3.05) is 12.3 Å². The highest BCUT2D eigenvalue weighted by Gasteiger charge is 2.22. The number of hydrogen-bond acceptors (Lipinski definition) is 4. The van der Waals surface area contributed by atoms with Crippen molar-refractivity contribution in [2.24, 2.45) is 4.99 Å². The van der Waals surface area contributed by atoms with Crippen LogP contribution in [0.4, 0.5) is 10.1 Å². The predicted octanol–water partition coefficient (Wildman–Crippen LogP) is 6.34. The van der Waals surface area contributed by atoms with E-state index in [-0.39, 0.29) is 11.7 Å². The Morgan fingerprint density at radius 2 is 1.69 bits per heavy atom. The standard InChI is InChI=1S/C28H23FN4OS/c29-23-15-12-21(13-16-23)27-22(20-33(31-27)25-10-5-2-6-11-25)14-17-26(34)32-18-7-19-35-28(32)30-24-8-3-1-4-9-24/h1-6,8-17,20H,7,18-19H2/b17-14+,30-28?. The number of carbonyl (C=O) groups is 1. The van der Waals surface area contributed by atoms with Gasteiger partial charge in [-0.15, -0.1) is 0 Å². The number of carbonyl (C=O) groups excluding carboxylic acids is 1. The predicted molar refractivity (Wildman–Crippen MR) is 140 cm³/mol. The van der Waals surface area contributed by atoms with Gasteiger partial charge >= 0.3 is 0 Å². The SMILES string of the molecule is O=C(/C=C/c1cn(-c2ccccc2)nc1-c1ccc(F)cc1)N1CCCSC1=Nc1ccccc1. The summed E-state index contributed by atoms with van der Waals surface area (Å²) in [4.78, 5) is 19.6. The Labute approximate surface area is 207 Å². The Morgan fingerprint density at radius 1 is 0.971 bits per heavy atom. The highest BCUT2D eigenvalue weighted by atomic mass is 32.2. The average Bonchev–Trinajstić information content (AvgIpc) is 3.33. The Hall–Kier alpha value is -3.97. The summed E-state index contributed by atoms with van der Waals surface area (Å²) in [5.41, 5.74) is 3.92. The molecule has 4 aromatic rings. The van der Waals surface area contributed by atoms with Crippen LogP contribution >= 0.6 is 11.8 Å². The first-order valence-electron chi connectivity index (χ1n) is 11.3. The highest BCUT2D eigenvalue weighted by Crippen LogP contribution is 2.26. The number of aliphatic imine (C=N–C) groups is 1. The van der Waals surface area contributed by atoms with Crippen molar-refractivity contribution in [2.45, 2.75) is 6.42 Å². The van der Waals surface area contributed by atoms with E-state index in [9.17, 15) is 9.18 Å². The molecule has 0 unspecified atom stereocenters. The number of para-hydroxylation sites is 2. The van der Waals surface area contributed by atoms with E-state index in [1.54, 1.807) is 45.6 Å². The Balaban J connectivity index is 1.46. The minimum atomic E-state index is -0.309. The molecule has 0 spiro atoms. The van der Waals surface area contributed by atoms with Crippen LogP contribution in [0, 0.1) is 5.82 Å². The van der Waals surface area contributed by atoms with Crippen molar-refractivity contribution in [3.8, 4) is 16.9 Å². The van der Waals surface area contributed by atoms with E-state index in [1.165, 1.54) is 12.1 Å². The van der Waals surface area contributed by atoms with Gasteiger partial charge in [-0.2, -0.15) is 5.10 Å². The first-order valence-corrected chi connectivity index (χ1v) is 12.3. The van der Waals surface area contributed by atoms with E-state index in [4.69, 9.17) is 10.1 Å². The summed E-state index contributed by atoms with van der Waals surface area (Å²) < 4.78 is 15.3. The van der Waals surface area contributed by atoms with Crippen LogP contribution in [0.25, 0.3) is 23.0 Å². The van der Waals surface area contributed by atoms with Gasteiger partial charge in [0.05, 0.1) is 17.1 Å². The molecule has 0 radical (unpaired) electrons. The first-order chi connectivity index (χ1) is 17.2. The summed E-state index contributed by atoms with van der Waals surface area (Å²) in [6, 6.07) is 25.6. The molecule has 0 saturated carbocycles. The maximum atomic E-state index is 13.5. The smallest absolute Gasteiger partial charge is 0.252 e. The van der Waals surface area contributed by atoms with E-state index < -0.39 is 0 Å². The number of amidine groups is 1. The quantitative estimate of drug-likeness (QED) is 0.312. The summed E-state index contributed by atoms with van der Waals surface area (Å²) >= 11 is 1.59. The number of thioether (sulfide) groups is 1. The summed E-state index contributed by atoms with van der Waals surface area (Å²) in [5, 5.41) is 5.44. The molecule has 0 aliphatic carbocycles. The molecule has 0 bridgehead atoms. The Bertz CT molecular complexity index is 1370. The number of benzene rings is 3. The second-order valence-corrected chi connectivity index (χ2v) is 9.04. The van der Waals surface area contributed by atoms with Crippen LogP contribution in [0.3, 0.4) is 0 Å². The average molecular weight is 483 g/mol. The van der Waals surface area contributed by atoms with Gasteiger partial charge < -0.3 is 0 Å². The fraction of sp³-hybridized carbons (Fsp3) is 0.107. The molecular formula is C28H23FN4OS. The molecule has 1 aliphatic heterocycles. The Kier molecular flexibility index (Phi) is 6.86. The van der Waals surface area contributed by atoms with Crippen LogP contribution in [0.15, 0.2) is 102 Å². The van der Waals surface area contributed by atoms with Crippen molar-refractivity contribution < 1.29 is 9.18 Å². The fourth-order valence-corrected chi connectivity index (χ4v) is 4.74. The molecule has 0 N–H and O–H groups in total. The highest BCUT2D eigenvalue weighted by molar-refractivity contribution is 8.13. The summed E-state index contributed by atoms with van der Waals surface area (Å²) in [6.07, 6.45) is 6.12. The van der Waals surface area contributed by atoms with Crippen LogP contribution in [0.2, 0.25) is 0 Å².